The number of oxazole rings is 1. The predicted octanol–water partition coefficient (Wildman–Crippen LogP) is 2.34. The van der Waals surface area contributed by atoms with E-state index in [4.69, 9.17) is 21.8 Å². The molecule has 2 aromatic heterocycles. The van der Waals surface area contributed by atoms with Gasteiger partial charge in [0.2, 0.25) is 0 Å². The highest BCUT2D eigenvalue weighted by Crippen LogP contribution is 2.30. The number of benzene rings is 1. The summed E-state index contributed by atoms with van der Waals surface area (Å²) in [6, 6.07) is 7.05. The van der Waals surface area contributed by atoms with Crippen molar-refractivity contribution in [3.05, 3.63) is 61.9 Å². The standard InChI is InChI=1S/C18H17ClN4O4S/c1-9(14(24)13-15(20)22(2)18(26)23(3)16(13)25)28-17-21-8-12(27-17)10-4-6-11(19)7-5-10/h4-9H,20H2,1-3H3/t9-/m1/s1. The number of nitrogens with zero attached hydrogens (tertiary/aromatic N) is 3. The molecule has 146 valence electrons. The molecule has 0 spiro atoms. The van der Waals surface area contributed by atoms with Crippen molar-refractivity contribution in [3.8, 4) is 11.3 Å². The van der Waals surface area contributed by atoms with Crippen molar-refractivity contribution < 1.29 is 9.21 Å². The average molecular weight is 421 g/mol. The van der Waals surface area contributed by atoms with E-state index in [-0.39, 0.29) is 16.6 Å². The lowest BCUT2D eigenvalue weighted by molar-refractivity contribution is 0.0991. The Balaban J connectivity index is 1.86. The van der Waals surface area contributed by atoms with Crippen molar-refractivity contribution in [1.29, 1.82) is 0 Å². The first-order valence-electron chi connectivity index (χ1n) is 8.18. The summed E-state index contributed by atoms with van der Waals surface area (Å²) in [6.45, 7) is 1.61. The largest absolute Gasteiger partial charge is 0.431 e. The van der Waals surface area contributed by atoms with Crippen LogP contribution >= 0.6 is 23.4 Å². The summed E-state index contributed by atoms with van der Waals surface area (Å²) in [6.07, 6.45) is 1.54. The molecule has 0 aliphatic heterocycles. The second-order valence-corrected chi connectivity index (χ2v) is 7.82. The lowest BCUT2D eigenvalue weighted by Crippen LogP contribution is -2.42. The summed E-state index contributed by atoms with van der Waals surface area (Å²) in [7, 11) is 2.70. The van der Waals surface area contributed by atoms with E-state index in [9.17, 15) is 14.4 Å². The molecule has 3 aromatic rings. The van der Waals surface area contributed by atoms with Crippen LogP contribution in [0, 0.1) is 0 Å². The second kappa shape index (κ2) is 7.69. The molecule has 1 atom stereocenters. The minimum absolute atomic E-state index is 0.167. The van der Waals surface area contributed by atoms with Crippen molar-refractivity contribution in [3.63, 3.8) is 0 Å². The molecule has 28 heavy (non-hydrogen) atoms. The van der Waals surface area contributed by atoms with Crippen molar-refractivity contribution >= 4 is 35.0 Å². The lowest BCUT2D eigenvalue weighted by atomic mass is 10.1. The molecule has 0 saturated carbocycles. The Hall–Kier alpha value is -2.78. The number of Topliss-reactive ketones (excluding diaryl/α,β-unsaturated/α-hetero) is 1. The Kier molecular flexibility index (Phi) is 5.48. The van der Waals surface area contributed by atoms with Gasteiger partial charge in [-0.05, 0) is 31.2 Å². The topological polar surface area (TPSA) is 113 Å². The van der Waals surface area contributed by atoms with E-state index in [1.54, 1.807) is 37.4 Å². The zero-order valence-corrected chi connectivity index (χ0v) is 16.9. The van der Waals surface area contributed by atoms with Crippen LogP contribution in [0.2, 0.25) is 5.02 Å². The number of nitrogens with two attached hydrogens (primary N) is 1. The Morgan fingerprint density at radius 2 is 1.86 bits per heavy atom. The van der Waals surface area contributed by atoms with Crippen LogP contribution in [-0.2, 0) is 14.1 Å². The SMILES string of the molecule is C[C@@H](Sc1ncc(-c2ccc(Cl)cc2)o1)C(=O)c1c(N)n(C)c(=O)n(C)c1=O. The number of hydrogen-bond donors (Lipinski definition) is 1. The highest BCUT2D eigenvalue weighted by atomic mass is 35.5. The third-order valence-corrected chi connectivity index (χ3v) is 5.43. The van der Waals surface area contributed by atoms with Gasteiger partial charge in [0.05, 0.1) is 11.4 Å². The van der Waals surface area contributed by atoms with E-state index in [2.05, 4.69) is 4.98 Å². The minimum atomic E-state index is -0.729. The van der Waals surface area contributed by atoms with Crippen LogP contribution in [0.3, 0.4) is 0 Å². The molecule has 0 unspecified atom stereocenters. The van der Waals surface area contributed by atoms with Crippen LogP contribution in [0.15, 0.2) is 49.7 Å². The fraction of sp³-hybridized carbons (Fsp3) is 0.222. The highest BCUT2D eigenvalue weighted by molar-refractivity contribution is 8.00. The third-order valence-electron chi connectivity index (χ3n) is 4.22. The number of rotatable bonds is 5. The number of thioether (sulfide) groups is 1. The molecule has 10 heteroatoms. The molecular formula is C18H17ClN4O4S. The van der Waals surface area contributed by atoms with Gasteiger partial charge >= 0.3 is 5.69 Å². The van der Waals surface area contributed by atoms with Crippen LogP contribution in [0.4, 0.5) is 5.82 Å². The summed E-state index contributed by atoms with van der Waals surface area (Å²) in [5, 5.41) is 0.170. The van der Waals surface area contributed by atoms with E-state index in [0.29, 0.717) is 10.8 Å². The van der Waals surface area contributed by atoms with Gasteiger partial charge in [0.15, 0.2) is 11.5 Å². The molecule has 0 aliphatic carbocycles. The number of carbonyl (C=O) groups excluding carboxylic acids is 1. The highest BCUT2D eigenvalue weighted by Gasteiger charge is 2.26. The quantitative estimate of drug-likeness (QED) is 0.497. The predicted molar refractivity (Wildman–Crippen MR) is 108 cm³/mol. The molecule has 0 fully saturated rings. The zero-order valence-electron chi connectivity index (χ0n) is 15.3. The molecule has 2 heterocycles. The molecule has 0 saturated heterocycles. The van der Waals surface area contributed by atoms with E-state index < -0.39 is 22.3 Å². The number of hydrogen-bond acceptors (Lipinski definition) is 7. The van der Waals surface area contributed by atoms with Crippen LogP contribution in [0.25, 0.3) is 11.3 Å². The monoisotopic (exact) mass is 420 g/mol. The fourth-order valence-corrected chi connectivity index (χ4v) is 3.46. The molecule has 0 bridgehead atoms. The van der Waals surface area contributed by atoms with E-state index in [1.807, 2.05) is 0 Å². The maximum absolute atomic E-state index is 12.8. The van der Waals surface area contributed by atoms with E-state index in [0.717, 1.165) is 26.5 Å². The van der Waals surface area contributed by atoms with Crippen molar-refractivity contribution in [2.75, 3.05) is 5.73 Å². The Morgan fingerprint density at radius 3 is 2.50 bits per heavy atom. The maximum atomic E-state index is 12.8. The van der Waals surface area contributed by atoms with E-state index in [1.165, 1.54) is 14.1 Å². The van der Waals surface area contributed by atoms with Crippen LogP contribution in [0.1, 0.15) is 17.3 Å². The summed E-state index contributed by atoms with van der Waals surface area (Å²) < 4.78 is 7.60. The smallest absolute Gasteiger partial charge is 0.332 e. The summed E-state index contributed by atoms with van der Waals surface area (Å²) in [5.41, 5.74) is 5.08. The number of nitrogen functional groups attached to an aromatic ring is 1. The van der Waals surface area contributed by atoms with Crippen LogP contribution in [0.5, 0.6) is 0 Å². The number of halogens is 1. The maximum Gasteiger partial charge on any atom is 0.332 e. The minimum Gasteiger partial charge on any atom is -0.431 e. The average Bonchev–Trinajstić information content (AvgIpc) is 3.13. The van der Waals surface area contributed by atoms with Gasteiger partial charge in [-0.1, -0.05) is 23.4 Å². The fourth-order valence-electron chi connectivity index (χ4n) is 2.56. The third kappa shape index (κ3) is 3.63. The number of anilines is 1. The molecular weight excluding hydrogens is 404 g/mol. The van der Waals surface area contributed by atoms with Gasteiger partial charge in [-0.3, -0.25) is 18.7 Å². The number of carbonyl (C=O) groups is 1. The first-order valence-corrected chi connectivity index (χ1v) is 9.44. The first kappa shape index (κ1) is 20.0. The van der Waals surface area contributed by atoms with Crippen molar-refractivity contribution in [2.45, 2.75) is 17.4 Å². The molecule has 8 nitrogen and oxygen atoms in total. The van der Waals surface area contributed by atoms with Crippen molar-refractivity contribution in [2.24, 2.45) is 14.1 Å². The Labute approximate surface area is 168 Å². The van der Waals surface area contributed by atoms with Gasteiger partial charge in [-0.2, -0.15) is 0 Å². The van der Waals surface area contributed by atoms with Gasteiger partial charge in [-0.25, -0.2) is 9.78 Å². The molecule has 2 N–H and O–H groups in total. The normalized spacial score (nSPS) is 12.1. The molecule has 0 aliphatic rings. The van der Waals surface area contributed by atoms with Gasteiger partial charge in [0.25, 0.3) is 10.8 Å². The van der Waals surface area contributed by atoms with Crippen molar-refractivity contribution in [1.82, 2.24) is 14.1 Å². The van der Waals surface area contributed by atoms with E-state index >= 15 is 0 Å². The van der Waals surface area contributed by atoms with Gasteiger partial charge in [-0.15, -0.1) is 0 Å². The molecule has 0 amide bonds. The molecule has 1 aromatic carbocycles. The summed E-state index contributed by atoms with van der Waals surface area (Å²) in [4.78, 5) is 41.2. The number of aromatic nitrogens is 3. The van der Waals surface area contributed by atoms with Gasteiger partial charge < -0.3 is 10.2 Å². The summed E-state index contributed by atoms with van der Waals surface area (Å²) >= 11 is 6.93. The summed E-state index contributed by atoms with van der Waals surface area (Å²) in [5.74, 6) is -0.152. The van der Waals surface area contributed by atoms with Crippen LogP contribution < -0.4 is 17.0 Å². The van der Waals surface area contributed by atoms with Crippen LogP contribution in [-0.4, -0.2) is 25.2 Å². The second-order valence-electron chi connectivity index (χ2n) is 6.09. The lowest BCUT2D eigenvalue weighted by Gasteiger charge is -2.13. The Bertz CT molecular complexity index is 1160. The number of ketones is 1. The van der Waals surface area contributed by atoms with Gasteiger partial charge in [0.1, 0.15) is 11.4 Å². The first-order chi connectivity index (χ1) is 13.2. The van der Waals surface area contributed by atoms with Gasteiger partial charge in [0, 0.05) is 24.7 Å². The molecule has 0 radical (unpaired) electrons. The zero-order chi connectivity index (χ0) is 20.6. The Morgan fingerprint density at radius 1 is 1.21 bits per heavy atom. The molecule has 3 rings (SSSR count).